The topological polar surface area (TPSA) is 26.0 Å². The smallest absolute Gasteiger partial charge is 0.138 e. The highest BCUT2D eigenvalue weighted by Crippen LogP contribution is 2.39. The minimum Gasteiger partial charge on any atom is -0.456 e. The molecule has 0 saturated heterocycles. The minimum absolute atomic E-state index is 0.418. The lowest BCUT2D eigenvalue weighted by Crippen LogP contribution is -1.98. The lowest BCUT2D eigenvalue weighted by molar-refractivity contribution is 0.627. The Hall–Kier alpha value is -3.65. The molecule has 0 aliphatic carbocycles. The molecule has 0 spiro atoms. The highest BCUT2D eigenvalue weighted by atomic mass is 16.3. The van der Waals surface area contributed by atoms with E-state index in [0.29, 0.717) is 11.8 Å². The van der Waals surface area contributed by atoms with Crippen molar-refractivity contribution in [2.75, 3.05) is 0 Å². The second-order valence-corrected chi connectivity index (χ2v) is 9.29. The van der Waals surface area contributed by atoms with Crippen LogP contribution in [0.5, 0.6) is 0 Å². The van der Waals surface area contributed by atoms with Crippen molar-refractivity contribution in [1.82, 2.24) is 4.98 Å². The van der Waals surface area contributed by atoms with Crippen LogP contribution in [0.25, 0.3) is 44.7 Å². The molecule has 2 heteroatoms. The van der Waals surface area contributed by atoms with Gasteiger partial charge >= 0.3 is 0 Å². The first-order valence-corrected chi connectivity index (χ1v) is 11.7. The van der Waals surface area contributed by atoms with Crippen molar-refractivity contribution < 1.29 is 4.42 Å². The molecule has 0 aliphatic heterocycles. The Balaban J connectivity index is 1.60. The largest absolute Gasteiger partial charge is 0.456 e. The van der Waals surface area contributed by atoms with Crippen LogP contribution in [0.3, 0.4) is 0 Å². The zero-order chi connectivity index (χ0) is 22.9. The van der Waals surface area contributed by atoms with Crippen molar-refractivity contribution in [2.45, 2.75) is 39.5 Å². The zero-order valence-electron chi connectivity index (χ0n) is 19.7. The molecule has 3 aromatic carbocycles. The Morgan fingerprint density at radius 3 is 1.97 bits per heavy atom. The molecule has 0 radical (unpaired) electrons. The molecule has 0 aliphatic rings. The Bertz CT molecular complexity index is 1380. The number of furan rings is 1. The van der Waals surface area contributed by atoms with Crippen LogP contribution in [-0.4, -0.2) is 4.98 Å². The van der Waals surface area contributed by atoms with Gasteiger partial charge in [-0.1, -0.05) is 94.4 Å². The average molecular weight is 432 g/mol. The van der Waals surface area contributed by atoms with Crippen molar-refractivity contribution in [3.05, 3.63) is 102 Å². The zero-order valence-corrected chi connectivity index (χ0v) is 19.7. The predicted octanol–water partition coefficient (Wildman–Crippen LogP) is 9.08. The highest BCUT2D eigenvalue weighted by Gasteiger charge is 2.19. The molecule has 0 amide bonds. The van der Waals surface area contributed by atoms with Crippen LogP contribution >= 0.6 is 0 Å². The van der Waals surface area contributed by atoms with Crippen LogP contribution in [0.4, 0.5) is 0 Å². The number of nitrogens with zero attached hydrogens (tertiary/aromatic N) is 1. The molecule has 164 valence electrons. The SMILES string of the molecule is CC(C)c1cccc(C(C)C)c1-c1cc2cnc(-c3cccc(-c4ccccc4)c3)cc2o1. The number of hydrogen-bond donors (Lipinski definition) is 0. The van der Waals surface area contributed by atoms with Gasteiger partial charge in [-0.15, -0.1) is 0 Å². The standard InChI is InChI=1S/C31H29NO/c1-20(2)26-14-9-15-27(21(3)4)31(26)30-17-25-19-32-28(18-29(25)33-30)24-13-8-12-23(16-24)22-10-6-5-7-11-22/h5-21H,1-4H3. The normalized spacial score (nSPS) is 11.6. The molecule has 0 fully saturated rings. The molecule has 0 atom stereocenters. The summed E-state index contributed by atoms with van der Waals surface area (Å²) in [5.41, 5.74) is 9.13. The number of hydrogen-bond acceptors (Lipinski definition) is 2. The van der Waals surface area contributed by atoms with Crippen molar-refractivity contribution in [1.29, 1.82) is 0 Å². The third-order valence-electron chi connectivity index (χ3n) is 6.29. The fourth-order valence-electron chi connectivity index (χ4n) is 4.54. The van der Waals surface area contributed by atoms with Crippen LogP contribution in [-0.2, 0) is 0 Å². The van der Waals surface area contributed by atoms with Gasteiger partial charge in [0.2, 0.25) is 0 Å². The van der Waals surface area contributed by atoms with Crippen molar-refractivity contribution in [3.63, 3.8) is 0 Å². The summed E-state index contributed by atoms with van der Waals surface area (Å²) in [5.74, 6) is 1.76. The van der Waals surface area contributed by atoms with E-state index in [0.717, 1.165) is 28.0 Å². The quantitative estimate of drug-likeness (QED) is 0.277. The number of rotatable bonds is 5. The highest BCUT2D eigenvalue weighted by molar-refractivity contribution is 5.86. The number of aromatic nitrogens is 1. The molecule has 0 unspecified atom stereocenters. The second-order valence-electron chi connectivity index (χ2n) is 9.29. The van der Waals surface area contributed by atoms with Gasteiger partial charge in [-0.25, -0.2) is 0 Å². The van der Waals surface area contributed by atoms with Gasteiger partial charge in [-0.3, -0.25) is 4.98 Å². The van der Waals surface area contributed by atoms with E-state index in [1.807, 2.05) is 12.3 Å². The molecule has 5 rings (SSSR count). The van der Waals surface area contributed by atoms with Crippen molar-refractivity contribution >= 4 is 11.0 Å². The Labute approximate surface area is 195 Å². The maximum Gasteiger partial charge on any atom is 0.138 e. The fourth-order valence-corrected chi connectivity index (χ4v) is 4.54. The van der Waals surface area contributed by atoms with Crippen molar-refractivity contribution in [2.24, 2.45) is 0 Å². The van der Waals surface area contributed by atoms with E-state index in [1.165, 1.54) is 27.8 Å². The van der Waals surface area contributed by atoms with Gasteiger partial charge in [-0.2, -0.15) is 0 Å². The summed E-state index contributed by atoms with van der Waals surface area (Å²) in [6, 6.07) is 29.8. The molecule has 2 aromatic heterocycles. The Morgan fingerprint density at radius 2 is 1.27 bits per heavy atom. The van der Waals surface area contributed by atoms with Gasteiger partial charge in [-0.05, 0) is 46.2 Å². The fraction of sp³-hybridized carbons (Fsp3) is 0.194. The molecule has 5 aromatic rings. The van der Waals surface area contributed by atoms with Crippen molar-refractivity contribution in [3.8, 4) is 33.7 Å². The number of pyridine rings is 1. The van der Waals surface area contributed by atoms with Gasteiger partial charge in [0.25, 0.3) is 0 Å². The molecular weight excluding hydrogens is 402 g/mol. The maximum absolute atomic E-state index is 6.47. The maximum atomic E-state index is 6.47. The van der Waals surface area contributed by atoms with Gasteiger partial charge in [0.05, 0.1) is 5.69 Å². The van der Waals surface area contributed by atoms with Crippen LogP contribution in [0.1, 0.15) is 50.7 Å². The van der Waals surface area contributed by atoms with E-state index in [1.54, 1.807) is 0 Å². The summed E-state index contributed by atoms with van der Waals surface area (Å²) in [6.45, 7) is 8.96. The molecule has 0 saturated carbocycles. The summed E-state index contributed by atoms with van der Waals surface area (Å²) >= 11 is 0. The van der Waals surface area contributed by atoms with Gasteiger partial charge < -0.3 is 4.42 Å². The minimum atomic E-state index is 0.418. The summed E-state index contributed by atoms with van der Waals surface area (Å²) in [6.07, 6.45) is 1.93. The van der Waals surface area contributed by atoms with E-state index in [4.69, 9.17) is 9.40 Å². The second kappa shape index (κ2) is 8.71. The van der Waals surface area contributed by atoms with E-state index >= 15 is 0 Å². The summed E-state index contributed by atoms with van der Waals surface area (Å²) in [5, 5.41) is 1.03. The molecule has 2 heterocycles. The first-order chi connectivity index (χ1) is 16.0. The lowest BCUT2D eigenvalue weighted by Gasteiger charge is -2.17. The van der Waals surface area contributed by atoms with E-state index in [9.17, 15) is 0 Å². The van der Waals surface area contributed by atoms with Crippen LogP contribution in [0.2, 0.25) is 0 Å². The van der Waals surface area contributed by atoms with E-state index in [-0.39, 0.29) is 0 Å². The van der Waals surface area contributed by atoms with Crippen LogP contribution in [0.15, 0.2) is 95.5 Å². The van der Waals surface area contributed by atoms with Gasteiger partial charge in [0, 0.05) is 28.8 Å². The average Bonchev–Trinajstić information content (AvgIpc) is 3.27. The third-order valence-corrected chi connectivity index (χ3v) is 6.29. The third kappa shape index (κ3) is 4.09. The Morgan fingerprint density at radius 1 is 0.636 bits per heavy atom. The molecule has 0 bridgehead atoms. The Kier molecular flexibility index (Phi) is 5.60. The molecule has 33 heavy (non-hydrogen) atoms. The first kappa shape index (κ1) is 21.2. The van der Waals surface area contributed by atoms with Crippen LogP contribution < -0.4 is 0 Å². The molecule has 2 nitrogen and oxygen atoms in total. The summed E-state index contributed by atoms with van der Waals surface area (Å²) in [7, 11) is 0. The number of benzene rings is 3. The van der Waals surface area contributed by atoms with E-state index < -0.39 is 0 Å². The first-order valence-electron chi connectivity index (χ1n) is 11.7. The summed E-state index contributed by atoms with van der Waals surface area (Å²) < 4.78 is 6.47. The van der Waals surface area contributed by atoms with Gasteiger partial charge in [0.1, 0.15) is 11.3 Å². The molecular formula is C31H29NO. The van der Waals surface area contributed by atoms with Gasteiger partial charge in [0.15, 0.2) is 0 Å². The van der Waals surface area contributed by atoms with E-state index in [2.05, 4.69) is 107 Å². The lowest BCUT2D eigenvalue weighted by atomic mass is 9.87. The predicted molar refractivity (Wildman–Crippen MR) is 138 cm³/mol. The monoisotopic (exact) mass is 431 g/mol. The molecule has 0 N–H and O–H groups in total. The summed E-state index contributed by atoms with van der Waals surface area (Å²) in [4.78, 5) is 4.77. The number of fused-ring (bicyclic) bond motifs is 1. The van der Waals surface area contributed by atoms with Crippen LogP contribution in [0, 0.1) is 0 Å².